The topological polar surface area (TPSA) is 198 Å². The maximum absolute atomic E-state index is 14.8. The number of rotatable bonds is 14. The lowest BCUT2D eigenvalue weighted by atomic mass is 9.86. The number of ether oxygens (including phenoxy) is 1. The van der Waals surface area contributed by atoms with E-state index in [-0.39, 0.29) is 48.9 Å². The number of nitrogens with one attached hydrogen (secondary N) is 4. The Balaban J connectivity index is 1.26. The molecule has 3 aromatic rings. The molecule has 0 spiro atoms. The molecule has 0 fully saturated rings. The van der Waals surface area contributed by atoms with E-state index < -0.39 is 58.8 Å². The minimum atomic E-state index is -1.99. The molecule has 1 unspecified atom stereocenters. The Hall–Kier alpha value is -4.48. The van der Waals surface area contributed by atoms with Crippen molar-refractivity contribution in [1.82, 2.24) is 30.8 Å². The summed E-state index contributed by atoms with van der Waals surface area (Å²) in [6.07, 6.45) is 0.786. The van der Waals surface area contributed by atoms with Gasteiger partial charge in [0.2, 0.25) is 23.6 Å². The number of thioether (sulfide) groups is 1. The molecule has 53 heavy (non-hydrogen) atoms. The van der Waals surface area contributed by atoms with E-state index in [1.165, 1.54) is 43.2 Å². The number of hydrogen-bond acceptors (Lipinski definition) is 11. The van der Waals surface area contributed by atoms with E-state index in [1.807, 2.05) is 0 Å². The Labute approximate surface area is 314 Å². The highest BCUT2D eigenvalue weighted by Gasteiger charge is 2.45. The van der Waals surface area contributed by atoms with Crippen molar-refractivity contribution in [2.45, 2.75) is 96.5 Å². The maximum Gasteiger partial charge on any atom is 0.343 e. The summed E-state index contributed by atoms with van der Waals surface area (Å²) < 4.78 is 21.5. The minimum Gasteiger partial charge on any atom is -0.458 e. The number of nitrogens with zero attached hydrogens (tertiary/aromatic N) is 2. The molecule has 0 bridgehead atoms. The van der Waals surface area contributed by atoms with Crippen LogP contribution in [0.15, 0.2) is 23.0 Å². The van der Waals surface area contributed by atoms with Gasteiger partial charge in [-0.2, -0.15) is 12.6 Å². The van der Waals surface area contributed by atoms with Crippen LogP contribution in [0.5, 0.6) is 0 Å². The zero-order valence-corrected chi connectivity index (χ0v) is 31.8. The van der Waals surface area contributed by atoms with Crippen LogP contribution in [-0.4, -0.2) is 74.0 Å². The molecule has 5 N–H and O–H groups in total. The van der Waals surface area contributed by atoms with Crippen molar-refractivity contribution >= 4 is 64.9 Å². The number of hydrogen-bond donors (Lipinski definition) is 6. The molecule has 284 valence electrons. The first-order valence-electron chi connectivity index (χ1n) is 17.3. The molecular formula is C36H43FN6O8S2. The number of thiol groups is 1. The highest BCUT2D eigenvalue weighted by molar-refractivity contribution is 7.98. The van der Waals surface area contributed by atoms with Crippen LogP contribution in [0.1, 0.15) is 74.8 Å². The lowest BCUT2D eigenvalue weighted by Crippen LogP contribution is -2.54. The number of aliphatic hydroxyl groups is 1. The van der Waals surface area contributed by atoms with Gasteiger partial charge in [0.15, 0.2) is 5.60 Å². The maximum atomic E-state index is 14.8. The number of benzene rings is 1. The molecule has 4 atom stereocenters. The number of carbonyl (C=O) groups excluding carboxylic acids is 5. The van der Waals surface area contributed by atoms with Gasteiger partial charge in [0.1, 0.15) is 30.5 Å². The standard InChI is InChI=1S/C36H43FN6O8S2/c1-6-36(50)25-11-28-30-22(13-43(28)34(48)23(25)14-51-35(36)49)24(21-10-17(2)26(37)12-27(21)42-30)15-53-16-38-31(45)18(3)40-33(47)20(5)41-32(46)19(4)39-29(44)8-7-9-52/h10-12,18-20,50,52H,6-9,13-16H2,1-5H3,(H,38,45)(H,39,44)(H,40,47)(H,41,46)/t18-,19-,20+,36?/m0/s1. The van der Waals surface area contributed by atoms with Crippen molar-refractivity contribution in [2.24, 2.45) is 0 Å². The van der Waals surface area contributed by atoms with Gasteiger partial charge in [0, 0.05) is 34.8 Å². The van der Waals surface area contributed by atoms with E-state index in [1.54, 1.807) is 26.0 Å². The van der Waals surface area contributed by atoms with Crippen LogP contribution in [0.25, 0.3) is 22.3 Å². The molecule has 2 aliphatic heterocycles. The smallest absolute Gasteiger partial charge is 0.343 e. The van der Waals surface area contributed by atoms with E-state index in [2.05, 4.69) is 33.9 Å². The van der Waals surface area contributed by atoms with Crippen molar-refractivity contribution in [3.05, 3.63) is 62.2 Å². The van der Waals surface area contributed by atoms with E-state index >= 15 is 0 Å². The zero-order chi connectivity index (χ0) is 38.8. The molecule has 1 aromatic carbocycles. The van der Waals surface area contributed by atoms with Gasteiger partial charge in [-0.3, -0.25) is 24.0 Å². The first-order chi connectivity index (χ1) is 25.1. The molecule has 0 aliphatic carbocycles. The number of halogens is 1. The quantitative estimate of drug-likeness (QED) is 0.0478. The van der Waals surface area contributed by atoms with Crippen LogP contribution in [0.2, 0.25) is 0 Å². The van der Waals surface area contributed by atoms with Gasteiger partial charge in [-0.25, -0.2) is 14.2 Å². The van der Waals surface area contributed by atoms with Crippen LogP contribution in [0.3, 0.4) is 0 Å². The molecule has 2 aromatic heterocycles. The predicted octanol–water partition coefficient (Wildman–Crippen LogP) is 2.06. The summed E-state index contributed by atoms with van der Waals surface area (Å²) >= 11 is 5.41. The number of aryl methyl sites for hydroxylation is 1. The van der Waals surface area contributed by atoms with Gasteiger partial charge >= 0.3 is 5.97 Å². The summed E-state index contributed by atoms with van der Waals surface area (Å²) in [4.78, 5) is 81.1. The molecular weight excluding hydrogens is 728 g/mol. The number of esters is 1. The van der Waals surface area contributed by atoms with E-state index in [4.69, 9.17) is 9.72 Å². The average Bonchev–Trinajstić information content (AvgIpc) is 3.49. The normalized spacial score (nSPS) is 17.5. The van der Waals surface area contributed by atoms with Crippen molar-refractivity contribution in [2.75, 3.05) is 11.6 Å². The first-order valence-corrected chi connectivity index (χ1v) is 19.0. The molecule has 4 heterocycles. The minimum absolute atomic E-state index is 0.00663. The number of pyridine rings is 2. The Kier molecular flexibility index (Phi) is 12.2. The van der Waals surface area contributed by atoms with Crippen LogP contribution in [0, 0.1) is 12.7 Å². The predicted molar refractivity (Wildman–Crippen MR) is 199 cm³/mol. The fraction of sp³-hybridized carbons (Fsp3) is 0.472. The number of amides is 4. The number of carbonyl (C=O) groups is 5. The SMILES string of the molecule is CCC1(O)C(=O)OCc2c1cc1n(c2=O)Cc2c-1nc1cc(F)c(C)cc1c2CSCNC(=O)[C@H](C)NC(=O)[C@@H](C)NC(=O)[C@H](C)NC(=O)CCCS. The second-order valence-corrected chi connectivity index (χ2v) is 14.7. The highest BCUT2D eigenvalue weighted by atomic mass is 32.2. The Morgan fingerprint density at radius 3 is 2.36 bits per heavy atom. The van der Waals surface area contributed by atoms with Crippen LogP contribution < -0.4 is 26.8 Å². The molecule has 2 aliphatic rings. The van der Waals surface area contributed by atoms with E-state index in [9.17, 15) is 38.3 Å². The summed E-state index contributed by atoms with van der Waals surface area (Å²) in [5.41, 5.74) is 1.04. The van der Waals surface area contributed by atoms with Crippen molar-refractivity contribution in [3.63, 3.8) is 0 Å². The average molecular weight is 771 g/mol. The second-order valence-electron chi connectivity index (χ2n) is 13.2. The van der Waals surface area contributed by atoms with Gasteiger partial charge in [-0.1, -0.05) is 6.92 Å². The molecule has 0 saturated heterocycles. The highest BCUT2D eigenvalue weighted by Crippen LogP contribution is 2.41. The summed E-state index contributed by atoms with van der Waals surface area (Å²) in [6.45, 7) is 7.62. The third-order valence-corrected chi connectivity index (χ3v) is 10.7. The van der Waals surface area contributed by atoms with Crippen LogP contribution in [-0.2, 0) is 53.2 Å². The summed E-state index contributed by atoms with van der Waals surface area (Å²) in [5.74, 6) is -2.18. The van der Waals surface area contributed by atoms with E-state index in [0.717, 1.165) is 11.1 Å². The molecule has 0 saturated carbocycles. The lowest BCUT2D eigenvalue weighted by Gasteiger charge is -2.31. The molecule has 5 rings (SSSR count). The summed E-state index contributed by atoms with van der Waals surface area (Å²) in [5, 5.41) is 22.4. The van der Waals surface area contributed by atoms with Crippen molar-refractivity contribution < 1.29 is 38.2 Å². The van der Waals surface area contributed by atoms with Gasteiger partial charge in [0.25, 0.3) is 5.56 Å². The number of fused-ring (bicyclic) bond motifs is 5. The molecule has 17 heteroatoms. The third-order valence-electron chi connectivity index (χ3n) is 9.52. The largest absolute Gasteiger partial charge is 0.458 e. The molecule has 0 radical (unpaired) electrons. The molecule has 4 amide bonds. The Morgan fingerprint density at radius 2 is 1.70 bits per heavy atom. The van der Waals surface area contributed by atoms with Gasteiger partial charge < -0.3 is 35.7 Å². The van der Waals surface area contributed by atoms with E-state index in [0.29, 0.717) is 45.8 Å². The summed E-state index contributed by atoms with van der Waals surface area (Å²) in [6, 6.07) is 1.84. The zero-order valence-electron chi connectivity index (χ0n) is 30.1. The fourth-order valence-corrected chi connectivity index (χ4v) is 7.35. The monoisotopic (exact) mass is 770 g/mol. The fourth-order valence-electron chi connectivity index (χ4n) is 6.31. The van der Waals surface area contributed by atoms with Crippen molar-refractivity contribution in [1.29, 1.82) is 0 Å². The van der Waals surface area contributed by atoms with Crippen LogP contribution in [0.4, 0.5) is 4.39 Å². The molecule has 14 nitrogen and oxygen atoms in total. The van der Waals surface area contributed by atoms with Crippen LogP contribution >= 0.6 is 24.4 Å². The summed E-state index contributed by atoms with van der Waals surface area (Å²) in [7, 11) is 0. The van der Waals surface area contributed by atoms with Gasteiger partial charge in [-0.05, 0) is 69.5 Å². The number of cyclic esters (lactones) is 1. The Morgan fingerprint density at radius 1 is 1.04 bits per heavy atom. The van der Waals surface area contributed by atoms with Crippen molar-refractivity contribution in [3.8, 4) is 11.4 Å². The van der Waals surface area contributed by atoms with Gasteiger partial charge in [-0.15, -0.1) is 11.8 Å². The second kappa shape index (κ2) is 16.3. The third kappa shape index (κ3) is 8.06. The van der Waals surface area contributed by atoms with Gasteiger partial charge in [0.05, 0.1) is 34.9 Å². The Bertz CT molecular complexity index is 2060. The lowest BCUT2D eigenvalue weighted by molar-refractivity contribution is -0.172. The first kappa shape index (κ1) is 39.7. The number of aromatic nitrogens is 2.